The molecule has 9 heteroatoms. The zero-order chi connectivity index (χ0) is 21.8. The number of aromatic nitrogens is 1. The summed E-state index contributed by atoms with van der Waals surface area (Å²) in [6.45, 7) is 1.66. The largest absolute Gasteiger partial charge is 0.457 e. The predicted octanol–water partition coefficient (Wildman–Crippen LogP) is 5.25. The third-order valence-electron chi connectivity index (χ3n) is 4.27. The van der Waals surface area contributed by atoms with Crippen molar-refractivity contribution in [3.8, 4) is 11.5 Å². The zero-order valence-corrected chi connectivity index (χ0v) is 16.8. The minimum absolute atomic E-state index is 0.0333. The van der Waals surface area contributed by atoms with Gasteiger partial charge in [0.1, 0.15) is 11.5 Å². The van der Waals surface area contributed by atoms with Crippen LogP contribution in [-0.2, 0) is 22.7 Å². The zero-order valence-electron chi connectivity index (χ0n) is 16.0. The summed E-state index contributed by atoms with van der Waals surface area (Å²) >= 11 is 0. The molecular formula is C21H19F3N2O3S. The van der Waals surface area contributed by atoms with Crippen molar-refractivity contribution in [2.45, 2.75) is 19.6 Å². The van der Waals surface area contributed by atoms with Gasteiger partial charge in [0, 0.05) is 12.4 Å². The molecule has 0 aliphatic heterocycles. The summed E-state index contributed by atoms with van der Waals surface area (Å²) < 4.78 is 70.5. The lowest BCUT2D eigenvalue weighted by atomic mass is 10.2. The molecule has 158 valence electrons. The minimum atomic E-state index is -4.47. The predicted molar refractivity (Wildman–Crippen MR) is 108 cm³/mol. The maximum absolute atomic E-state index is 12.9. The molecule has 0 spiro atoms. The van der Waals surface area contributed by atoms with Crippen LogP contribution in [0.15, 0.2) is 73.1 Å². The highest BCUT2D eigenvalue weighted by atomic mass is 32.2. The number of hydrogen-bond acceptors (Lipinski definition) is 4. The van der Waals surface area contributed by atoms with Crippen molar-refractivity contribution in [3.63, 3.8) is 0 Å². The van der Waals surface area contributed by atoms with E-state index < -0.39 is 21.8 Å². The second-order valence-electron chi connectivity index (χ2n) is 6.39. The SMILES string of the molecule is CCS(=O)(=O)N(Cc1cccnc1)c1ccc(Oc2cccc(C(F)(F)F)c2)cc1. The van der Waals surface area contributed by atoms with Crippen molar-refractivity contribution in [1.29, 1.82) is 0 Å². The summed E-state index contributed by atoms with van der Waals surface area (Å²) in [4.78, 5) is 4.00. The van der Waals surface area contributed by atoms with Crippen molar-refractivity contribution in [2.24, 2.45) is 0 Å². The van der Waals surface area contributed by atoms with E-state index in [2.05, 4.69) is 4.98 Å². The average molecular weight is 436 g/mol. The third-order valence-corrected chi connectivity index (χ3v) is 6.01. The Hall–Kier alpha value is -3.07. The van der Waals surface area contributed by atoms with Gasteiger partial charge in [-0.3, -0.25) is 9.29 Å². The van der Waals surface area contributed by atoms with Crippen molar-refractivity contribution < 1.29 is 26.3 Å². The lowest BCUT2D eigenvalue weighted by Crippen LogP contribution is -2.31. The maximum Gasteiger partial charge on any atom is 0.416 e. The van der Waals surface area contributed by atoms with Crippen molar-refractivity contribution >= 4 is 15.7 Å². The number of halogens is 3. The molecule has 2 aromatic carbocycles. The first-order valence-corrected chi connectivity index (χ1v) is 10.6. The van der Waals surface area contributed by atoms with E-state index in [1.807, 2.05) is 0 Å². The van der Waals surface area contributed by atoms with Crippen molar-refractivity contribution in [2.75, 3.05) is 10.1 Å². The number of alkyl halides is 3. The molecule has 1 heterocycles. The van der Waals surface area contributed by atoms with Gasteiger partial charge in [0.05, 0.1) is 23.5 Å². The molecule has 0 atom stereocenters. The normalized spacial score (nSPS) is 11.9. The molecule has 0 aliphatic rings. The highest BCUT2D eigenvalue weighted by Gasteiger charge is 2.30. The Morgan fingerprint density at radius 2 is 1.73 bits per heavy atom. The fourth-order valence-electron chi connectivity index (χ4n) is 2.72. The lowest BCUT2D eigenvalue weighted by molar-refractivity contribution is -0.137. The number of anilines is 1. The topological polar surface area (TPSA) is 59.5 Å². The molecule has 3 rings (SSSR count). The number of pyridine rings is 1. The fraction of sp³-hybridized carbons (Fsp3) is 0.190. The Labute approximate surface area is 172 Å². The molecular weight excluding hydrogens is 417 g/mol. The van der Waals surface area contributed by atoms with Crippen LogP contribution < -0.4 is 9.04 Å². The molecule has 0 bridgehead atoms. The molecule has 0 radical (unpaired) electrons. The third kappa shape index (κ3) is 5.29. The number of nitrogens with zero attached hydrogens (tertiary/aromatic N) is 2. The fourth-order valence-corrected chi connectivity index (χ4v) is 3.82. The first kappa shape index (κ1) is 21.6. The summed E-state index contributed by atoms with van der Waals surface area (Å²) in [6.07, 6.45) is -1.28. The van der Waals surface area contributed by atoms with E-state index in [0.717, 1.165) is 17.7 Å². The van der Waals surface area contributed by atoms with E-state index in [0.29, 0.717) is 5.69 Å². The van der Waals surface area contributed by atoms with Gasteiger partial charge in [0.25, 0.3) is 0 Å². The summed E-state index contributed by atoms with van der Waals surface area (Å²) in [5.41, 5.74) is 0.323. The van der Waals surface area contributed by atoms with Crippen molar-refractivity contribution in [1.82, 2.24) is 4.98 Å². The summed E-state index contributed by atoms with van der Waals surface area (Å²) in [5, 5.41) is 0. The minimum Gasteiger partial charge on any atom is -0.457 e. The van der Waals surface area contributed by atoms with Gasteiger partial charge in [-0.15, -0.1) is 0 Å². The summed E-state index contributed by atoms with van der Waals surface area (Å²) in [6, 6.07) is 14.2. The van der Waals surface area contributed by atoms with Crippen LogP contribution in [0.25, 0.3) is 0 Å². The smallest absolute Gasteiger partial charge is 0.416 e. The molecule has 0 fully saturated rings. The molecule has 0 aliphatic carbocycles. The number of benzene rings is 2. The number of sulfonamides is 1. The Kier molecular flexibility index (Phi) is 6.31. The molecule has 1 aromatic heterocycles. The van der Waals surface area contributed by atoms with Crippen LogP contribution in [0.1, 0.15) is 18.1 Å². The van der Waals surface area contributed by atoms with E-state index >= 15 is 0 Å². The van der Waals surface area contributed by atoms with Crippen LogP contribution in [0.4, 0.5) is 18.9 Å². The Morgan fingerprint density at radius 1 is 1.00 bits per heavy atom. The Bertz CT molecular complexity index is 1090. The van der Waals surface area contributed by atoms with Gasteiger partial charge in [-0.25, -0.2) is 8.42 Å². The Morgan fingerprint density at radius 3 is 2.33 bits per heavy atom. The standard InChI is InChI=1S/C21H19F3N2O3S/c1-2-30(27,28)26(15-16-5-4-12-25-14-16)18-8-10-19(11-9-18)29-20-7-3-6-17(13-20)21(22,23)24/h3-14H,2,15H2,1H3. The molecule has 0 saturated heterocycles. The molecule has 0 unspecified atom stereocenters. The molecule has 0 N–H and O–H groups in total. The van der Waals surface area contributed by atoms with E-state index in [1.54, 1.807) is 43.6 Å². The molecule has 5 nitrogen and oxygen atoms in total. The van der Waals surface area contributed by atoms with Crippen LogP contribution in [-0.4, -0.2) is 19.2 Å². The van der Waals surface area contributed by atoms with Crippen LogP contribution in [0.2, 0.25) is 0 Å². The molecule has 3 aromatic rings. The van der Waals surface area contributed by atoms with Crippen LogP contribution in [0, 0.1) is 0 Å². The second-order valence-corrected chi connectivity index (χ2v) is 8.57. The van der Waals surface area contributed by atoms with Gasteiger partial charge in [0.2, 0.25) is 10.0 Å². The lowest BCUT2D eigenvalue weighted by Gasteiger charge is -2.24. The highest BCUT2D eigenvalue weighted by molar-refractivity contribution is 7.92. The summed E-state index contributed by atoms with van der Waals surface area (Å²) in [7, 11) is -3.57. The van der Waals surface area contributed by atoms with Gasteiger partial charge in [-0.1, -0.05) is 12.1 Å². The second kappa shape index (κ2) is 8.74. The molecule has 30 heavy (non-hydrogen) atoms. The number of rotatable bonds is 7. The average Bonchev–Trinajstić information content (AvgIpc) is 2.73. The molecule has 0 amide bonds. The quantitative estimate of drug-likeness (QED) is 0.508. The molecule has 0 saturated carbocycles. The van der Waals surface area contributed by atoms with Crippen molar-refractivity contribution in [3.05, 3.63) is 84.2 Å². The summed E-state index contributed by atoms with van der Waals surface area (Å²) in [5.74, 6) is 0.231. The van der Waals surface area contributed by atoms with E-state index in [9.17, 15) is 21.6 Å². The highest BCUT2D eigenvalue weighted by Crippen LogP contribution is 2.33. The van der Waals surface area contributed by atoms with Gasteiger partial charge < -0.3 is 4.74 Å². The number of hydrogen-bond donors (Lipinski definition) is 0. The number of ether oxygens (including phenoxy) is 1. The van der Waals surface area contributed by atoms with Crippen LogP contribution >= 0.6 is 0 Å². The van der Waals surface area contributed by atoms with E-state index in [4.69, 9.17) is 4.74 Å². The van der Waals surface area contributed by atoms with Gasteiger partial charge in [0.15, 0.2) is 0 Å². The maximum atomic E-state index is 12.9. The monoisotopic (exact) mass is 436 g/mol. The first-order chi connectivity index (χ1) is 14.2. The van der Waals surface area contributed by atoms with Gasteiger partial charge in [-0.05, 0) is 61.0 Å². The first-order valence-electron chi connectivity index (χ1n) is 9.03. The van der Waals surface area contributed by atoms with Gasteiger partial charge in [-0.2, -0.15) is 13.2 Å². The Balaban J connectivity index is 1.83. The van der Waals surface area contributed by atoms with E-state index in [-0.39, 0.29) is 23.8 Å². The van der Waals surface area contributed by atoms with E-state index in [1.165, 1.54) is 28.6 Å². The van der Waals surface area contributed by atoms with Crippen LogP contribution in [0.5, 0.6) is 11.5 Å². The van der Waals surface area contributed by atoms with Crippen LogP contribution in [0.3, 0.4) is 0 Å². The van der Waals surface area contributed by atoms with Gasteiger partial charge >= 0.3 is 6.18 Å².